The number of methoxy groups -OCH3 is 1. The average Bonchev–Trinajstić information content (AvgIpc) is 3.01. The Balaban J connectivity index is 1.80. The van der Waals surface area contributed by atoms with Crippen LogP contribution < -0.4 is 10.1 Å². The van der Waals surface area contributed by atoms with Gasteiger partial charge >= 0.3 is 0 Å². The van der Waals surface area contributed by atoms with Crippen LogP contribution in [0.25, 0.3) is 0 Å². The maximum atomic E-state index is 8.00. The first-order valence-corrected chi connectivity index (χ1v) is 7.41. The van der Waals surface area contributed by atoms with E-state index in [9.17, 15) is 0 Å². The van der Waals surface area contributed by atoms with Gasteiger partial charge in [-0.05, 0) is 46.5 Å². The summed E-state index contributed by atoms with van der Waals surface area (Å²) in [5, 5.41) is 11.3. The molecule has 1 aromatic rings. The molecular weight excluding hydrogens is 320 g/mol. The fourth-order valence-corrected chi connectivity index (χ4v) is 2.47. The molecule has 5 heteroatoms. The average molecular weight is 339 g/mol. The Morgan fingerprint density at radius 3 is 2.70 bits per heavy atom. The minimum atomic E-state index is 0.303. The molecule has 1 heterocycles. The van der Waals surface area contributed by atoms with Gasteiger partial charge in [0.2, 0.25) is 0 Å². The molecule has 1 aromatic carbocycles. The molecule has 0 spiro atoms. The van der Waals surface area contributed by atoms with E-state index >= 15 is 0 Å². The summed E-state index contributed by atoms with van der Waals surface area (Å²) in [5.41, 5.74) is 2.66. The Hall–Kier alpha value is -1.33. The van der Waals surface area contributed by atoms with Crippen molar-refractivity contribution in [2.24, 2.45) is 0 Å². The van der Waals surface area contributed by atoms with Crippen molar-refractivity contribution < 1.29 is 9.47 Å². The van der Waals surface area contributed by atoms with Crippen LogP contribution in [-0.2, 0) is 11.3 Å². The highest BCUT2D eigenvalue weighted by Crippen LogP contribution is 2.20. The van der Waals surface area contributed by atoms with E-state index in [-0.39, 0.29) is 0 Å². The molecule has 2 rings (SSSR count). The van der Waals surface area contributed by atoms with Crippen molar-refractivity contribution in [2.45, 2.75) is 19.4 Å². The number of rotatable bonds is 6. The lowest BCUT2D eigenvalue weighted by Gasteiger charge is -2.09. The normalized spacial score (nSPS) is 16.7. The maximum absolute atomic E-state index is 8.00. The third-order valence-corrected chi connectivity index (χ3v) is 4.10. The van der Waals surface area contributed by atoms with Crippen molar-refractivity contribution in [3.63, 3.8) is 0 Å². The zero-order chi connectivity index (χ0) is 14.4. The molecule has 1 aliphatic rings. The Morgan fingerprint density at radius 1 is 1.35 bits per heavy atom. The Morgan fingerprint density at radius 2 is 2.10 bits per heavy atom. The molecule has 0 unspecified atom stereocenters. The highest BCUT2D eigenvalue weighted by molar-refractivity contribution is 9.12. The molecule has 0 radical (unpaired) electrons. The third kappa shape index (κ3) is 4.08. The summed E-state index contributed by atoms with van der Waals surface area (Å²) in [4.78, 5) is 0. The molecule has 20 heavy (non-hydrogen) atoms. The second kappa shape index (κ2) is 7.45. The van der Waals surface area contributed by atoms with Gasteiger partial charge in [-0.2, -0.15) is 0 Å². The number of nitrogens with one attached hydrogen (secondary N) is 2. The lowest BCUT2D eigenvalue weighted by atomic mass is 10.2. The van der Waals surface area contributed by atoms with Crippen LogP contribution in [0.1, 0.15) is 18.4 Å². The SMILES string of the molecule is COc1ccc(COCC(=N)/C(Br)=C2/CCCN2)cc1. The second-order valence-corrected chi connectivity index (χ2v) is 5.44. The summed E-state index contributed by atoms with van der Waals surface area (Å²) in [6.45, 7) is 1.79. The topological polar surface area (TPSA) is 54.3 Å². The van der Waals surface area contributed by atoms with E-state index in [0.29, 0.717) is 18.9 Å². The van der Waals surface area contributed by atoms with Gasteiger partial charge in [0, 0.05) is 12.2 Å². The molecule has 0 atom stereocenters. The minimum Gasteiger partial charge on any atom is -0.497 e. The zero-order valence-corrected chi connectivity index (χ0v) is 13.1. The van der Waals surface area contributed by atoms with Crippen LogP contribution in [0.3, 0.4) is 0 Å². The quantitative estimate of drug-likeness (QED) is 0.783. The van der Waals surface area contributed by atoms with Gasteiger partial charge in [0.1, 0.15) is 5.75 Å². The van der Waals surface area contributed by atoms with Gasteiger partial charge in [0.05, 0.1) is 30.5 Å². The van der Waals surface area contributed by atoms with E-state index in [0.717, 1.165) is 40.9 Å². The molecule has 0 bridgehead atoms. The Kier molecular flexibility index (Phi) is 5.61. The van der Waals surface area contributed by atoms with Crippen molar-refractivity contribution in [1.82, 2.24) is 5.32 Å². The second-order valence-electron chi connectivity index (χ2n) is 4.64. The van der Waals surface area contributed by atoms with Gasteiger partial charge in [-0.3, -0.25) is 0 Å². The minimum absolute atomic E-state index is 0.303. The van der Waals surface area contributed by atoms with Gasteiger partial charge in [0.25, 0.3) is 0 Å². The number of benzene rings is 1. The van der Waals surface area contributed by atoms with Crippen molar-refractivity contribution >= 4 is 21.6 Å². The number of hydrogen-bond donors (Lipinski definition) is 2. The summed E-state index contributed by atoms with van der Waals surface area (Å²) in [6, 6.07) is 7.75. The summed E-state index contributed by atoms with van der Waals surface area (Å²) in [6.07, 6.45) is 2.13. The Labute approximate surface area is 127 Å². The van der Waals surface area contributed by atoms with Crippen molar-refractivity contribution in [3.8, 4) is 5.75 Å². The van der Waals surface area contributed by atoms with Crippen LogP contribution in [0.4, 0.5) is 0 Å². The molecule has 108 valence electrons. The number of halogens is 1. The summed E-state index contributed by atoms with van der Waals surface area (Å²) < 4.78 is 11.5. The van der Waals surface area contributed by atoms with Gasteiger partial charge < -0.3 is 20.2 Å². The van der Waals surface area contributed by atoms with Crippen LogP contribution in [0.2, 0.25) is 0 Å². The zero-order valence-electron chi connectivity index (χ0n) is 11.5. The molecule has 0 amide bonds. The van der Waals surface area contributed by atoms with Gasteiger partial charge in [-0.25, -0.2) is 0 Å². The van der Waals surface area contributed by atoms with E-state index in [1.54, 1.807) is 7.11 Å². The molecular formula is C15H19BrN2O2. The number of ether oxygens (including phenoxy) is 2. The number of hydrogen-bond acceptors (Lipinski definition) is 4. The van der Waals surface area contributed by atoms with E-state index < -0.39 is 0 Å². The molecule has 1 fully saturated rings. The van der Waals surface area contributed by atoms with Gasteiger partial charge in [-0.15, -0.1) is 0 Å². The van der Waals surface area contributed by atoms with Crippen LogP contribution in [0, 0.1) is 5.41 Å². The van der Waals surface area contributed by atoms with E-state index in [1.165, 1.54) is 0 Å². The van der Waals surface area contributed by atoms with Crippen LogP contribution in [0.15, 0.2) is 34.4 Å². The molecule has 1 saturated heterocycles. The molecule has 2 N–H and O–H groups in total. The third-order valence-electron chi connectivity index (χ3n) is 3.15. The molecule has 0 aliphatic carbocycles. The summed E-state index contributed by atoms with van der Waals surface area (Å²) in [7, 11) is 1.65. The van der Waals surface area contributed by atoms with E-state index in [2.05, 4.69) is 21.2 Å². The Bertz CT molecular complexity index is 489. The smallest absolute Gasteiger partial charge is 0.118 e. The molecule has 4 nitrogen and oxygen atoms in total. The standard InChI is InChI=1S/C15H19BrN2O2/c1-19-12-6-4-11(5-7-12)9-20-10-13(17)15(16)14-3-2-8-18-14/h4-7,17-18H,2-3,8-10H2,1H3/b15-14+,17-13?. The van der Waals surface area contributed by atoms with Crippen LogP contribution in [-0.4, -0.2) is 26.0 Å². The monoisotopic (exact) mass is 338 g/mol. The number of allylic oxidation sites excluding steroid dienone is 1. The van der Waals surface area contributed by atoms with Crippen molar-refractivity contribution in [2.75, 3.05) is 20.3 Å². The maximum Gasteiger partial charge on any atom is 0.118 e. The molecule has 0 saturated carbocycles. The highest BCUT2D eigenvalue weighted by Gasteiger charge is 2.13. The molecule has 0 aromatic heterocycles. The van der Waals surface area contributed by atoms with Crippen molar-refractivity contribution in [3.05, 3.63) is 40.0 Å². The highest BCUT2D eigenvalue weighted by atomic mass is 79.9. The summed E-state index contributed by atoms with van der Waals surface area (Å²) in [5.74, 6) is 0.835. The molecule has 1 aliphatic heterocycles. The van der Waals surface area contributed by atoms with Crippen molar-refractivity contribution in [1.29, 1.82) is 5.41 Å². The first-order chi connectivity index (χ1) is 9.70. The van der Waals surface area contributed by atoms with E-state index in [4.69, 9.17) is 14.9 Å². The lowest BCUT2D eigenvalue weighted by Crippen LogP contribution is -2.13. The predicted octanol–water partition coefficient (Wildman–Crippen LogP) is 3.22. The van der Waals surface area contributed by atoms with Crippen LogP contribution in [0.5, 0.6) is 5.75 Å². The lowest BCUT2D eigenvalue weighted by molar-refractivity contribution is 0.158. The fraction of sp³-hybridized carbons (Fsp3) is 0.400. The fourth-order valence-electron chi connectivity index (χ4n) is 2.02. The predicted molar refractivity (Wildman–Crippen MR) is 83.6 cm³/mol. The van der Waals surface area contributed by atoms with E-state index in [1.807, 2.05) is 24.3 Å². The van der Waals surface area contributed by atoms with Gasteiger partial charge in [0.15, 0.2) is 0 Å². The first kappa shape index (κ1) is 15.1. The largest absolute Gasteiger partial charge is 0.497 e. The summed E-state index contributed by atoms with van der Waals surface area (Å²) >= 11 is 3.47. The van der Waals surface area contributed by atoms with Crippen LogP contribution >= 0.6 is 15.9 Å². The van der Waals surface area contributed by atoms with Gasteiger partial charge in [-0.1, -0.05) is 12.1 Å². The first-order valence-electron chi connectivity index (χ1n) is 6.61.